The van der Waals surface area contributed by atoms with Crippen molar-refractivity contribution < 1.29 is 4.21 Å². The number of nitrogens with one attached hydrogen (secondary N) is 1. The van der Waals surface area contributed by atoms with Gasteiger partial charge in [-0.05, 0) is 18.4 Å². The van der Waals surface area contributed by atoms with Gasteiger partial charge in [-0.1, -0.05) is 27.7 Å². The van der Waals surface area contributed by atoms with Crippen molar-refractivity contribution in [3.8, 4) is 0 Å². The Morgan fingerprint density at radius 3 is 2.31 bits per heavy atom. The lowest BCUT2D eigenvalue weighted by atomic mass is 9.92. The van der Waals surface area contributed by atoms with Crippen molar-refractivity contribution in [3.05, 3.63) is 0 Å². The molecule has 0 spiro atoms. The number of hydrogen-bond donors (Lipinski definition) is 1. The van der Waals surface area contributed by atoms with E-state index >= 15 is 0 Å². The van der Waals surface area contributed by atoms with Gasteiger partial charge in [0.1, 0.15) is 0 Å². The largest absolute Gasteiger partial charge is 0.316 e. The quantitative estimate of drug-likeness (QED) is 0.670. The minimum atomic E-state index is -0.614. The van der Waals surface area contributed by atoms with E-state index in [0.717, 1.165) is 24.6 Å². The highest BCUT2D eigenvalue weighted by molar-refractivity contribution is 7.84. The zero-order valence-electron chi connectivity index (χ0n) is 9.35. The normalized spacial score (nSPS) is 14.5. The zero-order valence-corrected chi connectivity index (χ0v) is 10.2. The second kappa shape index (κ2) is 6.55. The minimum absolute atomic E-state index is 0.400. The third-order valence-corrected chi connectivity index (χ3v) is 3.18. The van der Waals surface area contributed by atoms with E-state index in [4.69, 9.17) is 0 Å². The SMILES string of the molecule is CCS(=O)CCNCCC(C)(C)C. The van der Waals surface area contributed by atoms with E-state index in [1.54, 1.807) is 0 Å². The summed E-state index contributed by atoms with van der Waals surface area (Å²) in [5, 5.41) is 3.31. The molecule has 0 aliphatic rings. The van der Waals surface area contributed by atoms with Crippen LogP contribution in [-0.4, -0.2) is 28.8 Å². The average Bonchev–Trinajstić information content (AvgIpc) is 2.01. The molecule has 0 radical (unpaired) electrons. The van der Waals surface area contributed by atoms with Gasteiger partial charge >= 0.3 is 0 Å². The topological polar surface area (TPSA) is 29.1 Å². The third kappa shape index (κ3) is 10.0. The predicted molar refractivity (Wildman–Crippen MR) is 60.5 cm³/mol. The van der Waals surface area contributed by atoms with Gasteiger partial charge in [0.05, 0.1) is 0 Å². The minimum Gasteiger partial charge on any atom is -0.316 e. The molecule has 0 aromatic carbocycles. The van der Waals surface area contributed by atoms with E-state index in [2.05, 4.69) is 26.1 Å². The average molecular weight is 205 g/mol. The maximum atomic E-state index is 11.0. The van der Waals surface area contributed by atoms with Gasteiger partial charge in [0.2, 0.25) is 0 Å². The van der Waals surface area contributed by atoms with Gasteiger partial charge in [-0.2, -0.15) is 0 Å². The Bertz CT molecular complexity index is 151. The summed E-state index contributed by atoms with van der Waals surface area (Å²) in [4.78, 5) is 0. The lowest BCUT2D eigenvalue weighted by Crippen LogP contribution is -2.25. The van der Waals surface area contributed by atoms with Gasteiger partial charge in [0, 0.05) is 28.9 Å². The van der Waals surface area contributed by atoms with Crippen LogP contribution in [0.5, 0.6) is 0 Å². The molecule has 0 heterocycles. The van der Waals surface area contributed by atoms with Gasteiger partial charge in [-0.25, -0.2) is 0 Å². The Hall–Kier alpha value is 0.110. The summed E-state index contributed by atoms with van der Waals surface area (Å²) in [6, 6.07) is 0. The second-order valence-electron chi connectivity index (χ2n) is 4.49. The molecule has 1 N–H and O–H groups in total. The Labute approximate surface area is 84.9 Å². The first-order valence-corrected chi connectivity index (χ1v) is 6.50. The van der Waals surface area contributed by atoms with Crippen LogP contribution >= 0.6 is 0 Å². The fourth-order valence-electron chi connectivity index (χ4n) is 0.919. The Morgan fingerprint density at radius 1 is 1.23 bits per heavy atom. The molecule has 0 rings (SSSR count). The molecule has 0 saturated carbocycles. The van der Waals surface area contributed by atoms with Crippen molar-refractivity contribution in [2.75, 3.05) is 24.6 Å². The Morgan fingerprint density at radius 2 is 1.85 bits per heavy atom. The van der Waals surface area contributed by atoms with Crippen molar-refractivity contribution in [1.29, 1.82) is 0 Å². The highest BCUT2D eigenvalue weighted by atomic mass is 32.2. The van der Waals surface area contributed by atoms with E-state index in [0.29, 0.717) is 5.41 Å². The van der Waals surface area contributed by atoms with Crippen LogP contribution in [0.15, 0.2) is 0 Å². The van der Waals surface area contributed by atoms with E-state index < -0.39 is 10.8 Å². The molecule has 0 fully saturated rings. The fraction of sp³-hybridized carbons (Fsp3) is 1.00. The second-order valence-corrected chi connectivity index (χ2v) is 6.36. The molecule has 0 aromatic rings. The smallest absolute Gasteiger partial charge is 0.0359 e. The van der Waals surface area contributed by atoms with Crippen molar-refractivity contribution in [3.63, 3.8) is 0 Å². The van der Waals surface area contributed by atoms with Crippen LogP contribution in [-0.2, 0) is 10.8 Å². The molecule has 3 heteroatoms. The zero-order chi connectivity index (χ0) is 10.3. The van der Waals surface area contributed by atoms with E-state index in [-0.39, 0.29) is 0 Å². The summed E-state index contributed by atoms with van der Waals surface area (Å²) in [6.07, 6.45) is 1.17. The van der Waals surface area contributed by atoms with E-state index in [9.17, 15) is 4.21 Å². The van der Waals surface area contributed by atoms with Crippen LogP contribution in [0.4, 0.5) is 0 Å². The molecule has 0 amide bonds. The summed E-state index contributed by atoms with van der Waals surface area (Å²) >= 11 is 0. The van der Waals surface area contributed by atoms with Gasteiger partial charge in [0.15, 0.2) is 0 Å². The van der Waals surface area contributed by atoms with Gasteiger partial charge < -0.3 is 5.32 Å². The first-order chi connectivity index (χ1) is 5.95. The van der Waals surface area contributed by atoms with Crippen molar-refractivity contribution in [2.24, 2.45) is 5.41 Å². The van der Waals surface area contributed by atoms with Crippen LogP contribution in [0.2, 0.25) is 0 Å². The molecule has 0 saturated heterocycles. The molecule has 0 aliphatic heterocycles. The lowest BCUT2D eigenvalue weighted by molar-refractivity contribution is 0.369. The molecule has 0 bridgehead atoms. The maximum absolute atomic E-state index is 11.0. The molecule has 13 heavy (non-hydrogen) atoms. The summed E-state index contributed by atoms with van der Waals surface area (Å²) < 4.78 is 11.0. The first kappa shape index (κ1) is 13.1. The molecule has 1 unspecified atom stereocenters. The molecule has 0 aliphatic carbocycles. The van der Waals surface area contributed by atoms with Crippen LogP contribution in [0.3, 0.4) is 0 Å². The van der Waals surface area contributed by atoms with Crippen LogP contribution in [0.25, 0.3) is 0 Å². The van der Waals surface area contributed by atoms with Crippen molar-refractivity contribution in [1.82, 2.24) is 5.32 Å². The summed E-state index contributed by atoms with van der Waals surface area (Å²) in [6.45, 7) is 10.6. The van der Waals surface area contributed by atoms with Crippen molar-refractivity contribution in [2.45, 2.75) is 34.1 Å². The van der Waals surface area contributed by atoms with Crippen LogP contribution in [0.1, 0.15) is 34.1 Å². The molecule has 2 nitrogen and oxygen atoms in total. The van der Waals surface area contributed by atoms with Crippen LogP contribution in [0, 0.1) is 5.41 Å². The van der Waals surface area contributed by atoms with E-state index in [1.807, 2.05) is 6.92 Å². The molecule has 1 atom stereocenters. The van der Waals surface area contributed by atoms with Crippen molar-refractivity contribution >= 4 is 10.8 Å². The predicted octanol–water partition coefficient (Wildman–Crippen LogP) is 1.78. The first-order valence-electron chi connectivity index (χ1n) is 5.01. The van der Waals surface area contributed by atoms with Crippen LogP contribution < -0.4 is 5.32 Å². The summed E-state index contributed by atoms with van der Waals surface area (Å²) in [5.41, 5.74) is 0.400. The maximum Gasteiger partial charge on any atom is 0.0359 e. The number of rotatable bonds is 6. The Balaban J connectivity index is 3.22. The highest BCUT2D eigenvalue weighted by Gasteiger charge is 2.08. The monoisotopic (exact) mass is 205 g/mol. The Kier molecular flexibility index (Phi) is 6.60. The standard InChI is InChI=1S/C10H23NOS/c1-5-13(12)9-8-11-7-6-10(2,3)4/h11H,5-9H2,1-4H3. The molecule has 80 valence electrons. The van der Waals surface area contributed by atoms with Gasteiger partial charge in [-0.15, -0.1) is 0 Å². The number of hydrogen-bond acceptors (Lipinski definition) is 2. The van der Waals surface area contributed by atoms with Gasteiger partial charge in [-0.3, -0.25) is 4.21 Å². The molecule has 0 aromatic heterocycles. The summed E-state index contributed by atoms with van der Waals surface area (Å²) in [5.74, 6) is 1.57. The van der Waals surface area contributed by atoms with Gasteiger partial charge in [0.25, 0.3) is 0 Å². The third-order valence-electron chi connectivity index (χ3n) is 1.88. The highest BCUT2D eigenvalue weighted by Crippen LogP contribution is 2.16. The van der Waals surface area contributed by atoms with E-state index in [1.165, 1.54) is 6.42 Å². The molecular weight excluding hydrogens is 182 g/mol. The summed E-state index contributed by atoms with van der Waals surface area (Å²) in [7, 11) is -0.614. The lowest BCUT2D eigenvalue weighted by Gasteiger charge is -2.17. The fourth-order valence-corrected chi connectivity index (χ4v) is 1.58. The molecular formula is C10H23NOS.